The predicted molar refractivity (Wildman–Crippen MR) is 123 cm³/mol. The molecule has 0 unspecified atom stereocenters. The summed E-state index contributed by atoms with van der Waals surface area (Å²) in [6.07, 6.45) is 1.50. The lowest BCUT2D eigenvalue weighted by molar-refractivity contribution is -0.141. The van der Waals surface area contributed by atoms with E-state index in [4.69, 9.17) is 9.15 Å². The van der Waals surface area contributed by atoms with E-state index in [0.717, 1.165) is 11.1 Å². The SMILES string of the molecule is Cc1cccc(NC(=O)CNC(=O)CN(Cc2ccco2)C(=O)COCc2ccccc2)c1. The maximum absolute atomic E-state index is 12.7. The molecular weight excluding hydrogens is 422 g/mol. The van der Waals surface area contributed by atoms with E-state index in [0.29, 0.717) is 11.4 Å². The summed E-state index contributed by atoms with van der Waals surface area (Å²) in [4.78, 5) is 38.6. The van der Waals surface area contributed by atoms with Crippen LogP contribution in [0, 0.1) is 6.92 Å². The molecule has 0 aliphatic heterocycles. The molecule has 0 aliphatic carbocycles. The van der Waals surface area contributed by atoms with Crippen LogP contribution in [0.2, 0.25) is 0 Å². The van der Waals surface area contributed by atoms with Crippen LogP contribution in [-0.2, 0) is 32.3 Å². The number of rotatable bonds is 11. The van der Waals surface area contributed by atoms with Gasteiger partial charge in [0.25, 0.3) is 0 Å². The Morgan fingerprint density at radius 2 is 1.79 bits per heavy atom. The average molecular weight is 450 g/mol. The topological polar surface area (TPSA) is 101 Å². The maximum Gasteiger partial charge on any atom is 0.249 e. The van der Waals surface area contributed by atoms with Crippen LogP contribution in [0.3, 0.4) is 0 Å². The molecule has 0 spiro atoms. The molecule has 0 saturated carbocycles. The highest BCUT2D eigenvalue weighted by atomic mass is 16.5. The molecule has 172 valence electrons. The van der Waals surface area contributed by atoms with Crippen molar-refractivity contribution in [2.45, 2.75) is 20.1 Å². The van der Waals surface area contributed by atoms with Gasteiger partial charge < -0.3 is 24.7 Å². The fraction of sp³-hybridized carbons (Fsp3) is 0.240. The Labute approximate surface area is 192 Å². The van der Waals surface area contributed by atoms with E-state index in [1.807, 2.05) is 55.5 Å². The molecule has 8 heteroatoms. The van der Waals surface area contributed by atoms with E-state index in [-0.39, 0.29) is 44.7 Å². The second-order valence-corrected chi connectivity index (χ2v) is 7.50. The first-order valence-corrected chi connectivity index (χ1v) is 10.5. The van der Waals surface area contributed by atoms with Gasteiger partial charge in [0, 0.05) is 5.69 Å². The molecule has 0 bridgehead atoms. The van der Waals surface area contributed by atoms with Gasteiger partial charge in [0.2, 0.25) is 17.7 Å². The lowest BCUT2D eigenvalue weighted by Crippen LogP contribution is -2.43. The summed E-state index contributed by atoms with van der Waals surface area (Å²) >= 11 is 0. The Morgan fingerprint density at radius 3 is 2.52 bits per heavy atom. The first-order chi connectivity index (χ1) is 16.0. The van der Waals surface area contributed by atoms with Crippen LogP contribution in [0.25, 0.3) is 0 Å². The van der Waals surface area contributed by atoms with Gasteiger partial charge in [-0.3, -0.25) is 14.4 Å². The summed E-state index contributed by atoms with van der Waals surface area (Å²) in [6.45, 7) is 1.70. The van der Waals surface area contributed by atoms with Gasteiger partial charge in [0.1, 0.15) is 18.9 Å². The molecule has 2 aromatic carbocycles. The van der Waals surface area contributed by atoms with Crippen LogP contribution in [0.15, 0.2) is 77.4 Å². The zero-order valence-corrected chi connectivity index (χ0v) is 18.5. The third-order valence-electron chi connectivity index (χ3n) is 4.70. The highest BCUT2D eigenvalue weighted by Gasteiger charge is 2.19. The molecule has 0 aliphatic rings. The van der Waals surface area contributed by atoms with Gasteiger partial charge in [-0.05, 0) is 42.3 Å². The number of amides is 3. The van der Waals surface area contributed by atoms with Crippen LogP contribution in [0.4, 0.5) is 5.69 Å². The smallest absolute Gasteiger partial charge is 0.249 e. The van der Waals surface area contributed by atoms with Gasteiger partial charge in [0.15, 0.2) is 0 Å². The second kappa shape index (κ2) is 12.2. The first kappa shape index (κ1) is 23.7. The second-order valence-electron chi connectivity index (χ2n) is 7.50. The van der Waals surface area contributed by atoms with E-state index >= 15 is 0 Å². The van der Waals surface area contributed by atoms with Crippen LogP contribution >= 0.6 is 0 Å². The predicted octanol–water partition coefficient (Wildman–Crippen LogP) is 2.89. The molecule has 3 rings (SSSR count). The van der Waals surface area contributed by atoms with Crippen molar-refractivity contribution in [1.29, 1.82) is 0 Å². The summed E-state index contributed by atoms with van der Waals surface area (Å²) in [6, 6.07) is 20.3. The summed E-state index contributed by atoms with van der Waals surface area (Å²) in [5.41, 5.74) is 2.61. The zero-order valence-electron chi connectivity index (χ0n) is 18.5. The Bertz CT molecular complexity index is 1050. The van der Waals surface area contributed by atoms with E-state index in [2.05, 4.69) is 10.6 Å². The van der Waals surface area contributed by atoms with Crippen molar-refractivity contribution in [2.75, 3.05) is 25.0 Å². The third kappa shape index (κ3) is 8.27. The molecule has 3 amide bonds. The minimum absolute atomic E-state index is 0.115. The Kier molecular flexibility index (Phi) is 8.79. The number of furan rings is 1. The van der Waals surface area contributed by atoms with Crippen molar-refractivity contribution >= 4 is 23.4 Å². The van der Waals surface area contributed by atoms with Crippen LogP contribution in [-0.4, -0.2) is 42.3 Å². The number of hydrogen-bond acceptors (Lipinski definition) is 5. The summed E-state index contributed by atoms with van der Waals surface area (Å²) < 4.78 is 10.8. The molecule has 0 atom stereocenters. The number of hydrogen-bond donors (Lipinski definition) is 2. The molecule has 33 heavy (non-hydrogen) atoms. The van der Waals surface area contributed by atoms with Gasteiger partial charge in [-0.1, -0.05) is 42.5 Å². The van der Waals surface area contributed by atoms with Gasteiger partial charge in [-0.2, -0.15) is 0 Å². The van der Waals surface area contributed by atoms with Gasteiger partial charge in [-0.15, -0.1) is 0 Å². The molecule has 0 radical (unpaired) electrons. The lowest BCUT2D eigenvalue weighted by atomic mass is 10.2. The maximum atomic E-state index is 12.7. The van der Waals surface area contributed by atoms with E-state index in [9.17, 15) is 14.4 Å². The van der Waals surface area contributed by atoms with E-state index < -0.39 is 5.91 Å². The number of carbonyl (C=O) groups is 3. The third-order valence-corrected chi connectivity index (χ3v) is 4.70. The average Bonchev–Trinajstić information content (AvgIpc) is 3.31. The zero-order chi connectivity index (χ0) is 23.5. The molecular formula is C25H27N3O5. The molecule has 1 aromatic heterocycles. The highest BCUT2D eigenvalue weighted by Crippen LogP contribution is 2.09. The van der Waals surface area contributed by atoms with Crippen molar-refractivity contribution in [3.8, 4) is 0 Å². The molecule has 8 nitrogen and oxygen atoms in total. The Balaban J connectivity index is 1.49. The quantitative estimate of drug-likeness (QED) is 0.469. The van der Waals surface area contributed by atoms with Crippen LogP contribution in [0.1, 0.15) is 16.9 Å². The Hall–Kier alpha value is -3.91. The van der Waals surface area contributed by atoms with Crippen LogP contribution in [0.5, 0.6) is 0 Å². The molecule has 3 aromatic rings. The van der Waals surface area contributed by atoms with Crippen molar-refractivity contribution < 1.29 is 23.5 Å². The van der Waals surface area contributed by atoms with Gasteiger partial charge >= 0.3 is 0 Å². The van der Waals surface area contributed by atoms with Gasteiger partial charge in [0.05, 0.1) is 26.0 Å². The minimum atomic E-state index is -0.461. The lowest BCUT2D eigenvalue weighted by Gasteiger charge is -2.21. The van der Waals surface area contributed by atoms with Crippen molar-refractivity contribution in [3.63, 3.8) is 0 Å². The standard InChI is InChI=1S/C25H27N3O5/c1-19-7-5-10-21(13-19)27-23(29)14-26-24(30)16-28(15-22-11-6-12-33-22)25(31)18-32-17-20-8-3-2-4-9-20/h2-13H,14-18H2,1H3,(H,26,30)(H,27,29). The summed E-state index contributed by atoms with van der Waals surface area (Å²) in [7, 11) is 0. The minimum Gasteiger partial charge on any atom is -0.467 e. The number of nitrogens with zero attached hydrogens (tertiary/aromatic N) is 1. The first-order valence-electron chi connectivity index (χ1n) is 10.5. The molecule has 0 saturated heterocycles. The normalized spacial score (nSPS) is 10.5. The number of benzene rings is 2. The number of carbonyl (C=O) groups excluding carboxylic acids is 3. The summed E-state index contributed by atoms with van der Waals surface area (Å²) in [5, 5.41) is 5.27. The Morgan fingerprint density at radius 1 is 0.970 bits per heavy atom. The number of aryl methyl sites for hydroxylation is 1. The highest BCUT2D eigenvalue weighted by molar-refractivity contribution is 5.95. The fourth-order valence-corrected chi connectivity index (χ4v) is 3.08. The van der Waals surface area contributed by atoms with E-state index in [1.165, 1.54) is 11.2 Å². The molecule has 0 fully saturated rings. The van der Waals surface area contributed by atoms with E-state index in [1.54, 1.807) is 18.2 Å². The molecule has 2 N–H and O–H groups in total. The van der Waals surface area contributed by atoms with Gasteiger partial charge in [-0.25, -0.2) is 0 Å². The summed E-state index contributed by atoms with van der Waals surface area (Å²) in [5.74, 6) is -0.639. The number of nitrogens with one attached hydrogen (secondary N) is 2. The monoisotopic (exact) mass is 449 g/mol. The van der Waals surface area contributed by atoms with Crippen molar-refractivity contribution in [1.82, 2.24) is 10.2 Å². The van der Waals surface area contributed by atoms with Crippen LogP contribution < -0.4 is 10.6 Å². The number of anilines is 1. The molecule has 1 heterocycles. The van der Waals surface area contributed by atoms with Crippen molar-refractivity contribution in [3.05, 3.63) is 89.9 Å². The largest absolute Gasteiger partial charge is 0.467 e. The van der Waals surface area contributed by atoms with Crippen molar-refractivity contribution in [2.24, 2.45) is 0 Å². The number of ether oxygens (including phenoxy) is 1. The fourth-order valence-electron chi connectivity index (χ4n) is 3.08.